The van der Waals surface area contributed by atoms with Crippen molar-refractivity contribution >= 4 is 17.4 Å². The van der Waals surface area contributed by atoms with Gasteiger partial charge in [0.15, 0.2) is 0 Å². The third kappa shape index (κ3) is 4.24. The molecule has 1 aliphatic heterocycles. The van der Waals surface area contributed by atoms with Gasteiger partial charge in [-0.15, -0.1) is 0 Å². The zero-order valence-corrected chi connectivity index (χ0v) is 19.1. The zero-order valence-electron chi connectivity index (χ0n) is 19.1. The van der Waals surface area contributed by atoms with Crippen LogP contribution in [0.3, 0.4) is 0 Å². The van der Waals surface area contributed by atoms with Gasteiger partial charge in [0.2, 0.25) is 0 Å². The Morgan fingerprint density at radius 2 is 1.90 bits per heavy atom. The van der Waals surface area contributed by atoms with Gasteiger partial charge in [0.25, 0.3) is 11.7 Å². The molecule has 1 N–H and O–H groups in total. The molecule has 6 nitrogen and oxygen atoms in total. The lowest BCUT2D eigenvalue weighted by Crippen LogP contribution is -2.30. The maximum Gasteiger partial charge on any atom is 0.295 e. The number of carbonyl (C=O) groups is 2. The van der Waals surface area contributed by atoms with Crippen LogP contribution in [0.4, 0.5) is 0 Å². The predicted octanol–water partition coefficient (Wildman–Crippen LogP) is 5.12. The molecule has 3 rings (SSSR count). The molecule has 0 radical (unpaired) electrons. The highest BCUT2D eigenvalue weighted by molar-refractivity contribution is 6.46. The SMILES string of the molecule is CCCCN1C(=O)C(=O)/C(=C(\O)c2ccc(OC)c(C(C)(C)C)c2)C1c1ccc(C)o1. The topological polar surface area (TPSA) is 80.0 Å². The van der Waals surface area contributed by atoms with Crippen molar-refractivity contribution in [1.29, 1.82) is 0 Å². The van der Waals surface area contributed by atoms with E-state index in [1.54, 1.807) is 38.3 Å². The fourth-order valence-electron chi connectivity index (χ4n) is 3.93. The van der Waals surface area contributed by atoms with Gasteiger partial charge in [0.1, 0.15) is 29.1 Å². The number of unbranched alkanes of at least 4 members (excludes halogenated alkanes) is 1. The van der Waals surface area contributed by atoms with Crippen LogP contribution in [-0.4, -0.2) is 35.4 Å². The number of rotatable bonds is 6. The molecule has 0 spiro atoms. The number of hydrogen-bond acceptors (Lipinski definition) is 5. The number of furan rings is 1. The lowest BCUT2D eigenvalue weighted by Gasteiger charge is -2.24. The second kappa shape index (κ2) is 8.61. The van der Waals surface area contributed by atoms with Crippen molar-refractivity contribution in [3.8, 4) is 5.75 Å². The predicted molar refractivity (Wildman–Crippen MR) is 119 cm³/mol. The molecule has 1 atom stereocenters. The molecule has 1 unspecified atom stereocenters. The fraction of sp³-hybridized carbons (Fsp3) is 0.440. The Hall–Kier alpha value is -3.02. The number of benzene rings is 1. The Labute approximate surface area is 183 Å². The normalized spacial score (nSPS) is 18.6. The van der Waals surface area contributed by atoms with Gasteiger partial charge in [-0.3, -0.25) is 9.59 Å². The summed E-state index contributed by atoms with van der Waals surface area (Å²) in [7, 11) is 1.60. The van der Waals surface area contributed by atoms with E-state index in [-0.39, 0.29) is 16.7 Å². The summed E-state index contributed by atoms with van der Waals surface area (Å²) in [6, 6.07) is 8.09. The molecule has 1 aliphatic rings. The first kappa shape index (κ1) is 22.7. The molecule has 1 aromatic heterocycles. The van der Waals surface area contributed by atoms with E-state index in [1.807, 2.05) is 33.8 Å². The van der Waals surface area contributed by atoms with Crippen LogP contribution in [0, 0.1) is 6.92 Å². The van der Waals surface area contributed by atoms with E-state index in [1.165, 1.54) is 4.90 Å². The van der Waals surface area contributed by atoms with E-state index in [0.717, 1.165) is 18.4 Å². The number of nitrogens with zero attached hydrogens (tertiary/aromatic N) is 1. The van der Waals surface area contributed by atoms with Gasteiger partial charge in [-0.25, -0.2) is 0 Å². The zero-order chi connectivity index (χ0) is 22.9. The van der Waals surface area contributed by atoms with E-state index in [9.17, 15) is 14.7 Å². The summed E-state index contributed by atoms with van der Waals surface area (Å²) < 4.78 is 11.3. The molecule has 2 heterocycles. The standard InChI is InChI=1S/C25H31NO5/c1-7-8-13-26-21(19-11-9-15(2)31-19)20(23(28)24(26)29)22(27)16-10-12-18(30-6)17(14-16)25(3,4)5/h9-12,14,21,27H,7-8,13H2,1-6H3/b22-20-. The number of amides is 1. The average molecular weight is 426 g/mol. The molecule has 1 saturated heterocycles. The summed E-state index contributed by atoms with van der Waals surface area (Å²) in [5, 5.41) is 11.2. The second-order valence-corrected chi connectivity index (χ2v) is 8.96. The number of likely N-dealkylation sites (tertiary alicyclic amines) is 1. The van der Waals surface area contributed by atoms with Crippen molar-refractivity contribution in [3.63, 3.8) is 0 Å². The van der Waals surface area contributed by atoms with Gasteiger partial charge in [-0.05, 0) is 49.1 Å². The van der Waals surface area contributed by atoms with Gasteiger partial charge in [0, 0.05) is 17.7 Å². The number of Topliss-reactive ketones (excluding diaryl/α,β-unsaturated/α-hetero) is 1. The summed E-state index contributed by atoms with van der Waals surface area (Å²) >= 11 is 0. The minimum atomic E-state index is -0.750. The summed E-state index contributed by atoms with van der Waals surface area (Å²) in [4.78, 5) is 27.4. The van der Waals surface area contributed by atoms with E-state index in [2.05, 4.69) is 0 Å². The van der Waals surface area contributed by atoms with Crippen LogP contribution in [0.15, 0.2) is 40.3 Å². The molecule has 1 fully saturated rings. The van der Waals surface area contributed by atoms with Crippen molar-refractivity contribution in [2.45, 2.75) is 58.9 Å². The van der Waals surface area contributed by atoms with E-state index in [0.29, 0.717) is 29.4 Å². The smallest absolute Gasteiger partial charge is 0.295 e. The van der Waals surface area contributed by atoms with Crippen LogP contribution >= 0.6 is 0 Å². The molecule has 1 amide bonds. The Bertz CT molecular complexity index is 1020. The minimum absolute atomic E-state index is 0.0560. The first-order valence-electron chi connectivity index (χ1n) is 10.6. The molecule has 166 valence electrons. The number of carbonyl (C=O) groups excluding carboxylic acids is 2. The summed E-state index contributed by atoms with van der Waals surface area (Å²) in [6.07, 6.45) is 1.63. The largest absolute Gasteiger partial charge is 0.507 e. The van der Waals surface area contributed by atoms with Crippen LogP contribution in [-0.2, 0) is 15.0 Å². The van der Waals surface area contributed by atoms with E-state index in [4.69, 9.17) is 9.15 Å². The number of ether oxygens (including phenoxy) is 1. The molecule has 1 aromatic carbocycles. The Kier molecular flexibility index (Phi) is 6.30. The average Bonchev–Trinajstić information content (AvgIpc) is 3.26. The number of aryl methyl sites for hydroxylation is 1. The Morgan fingerprint density at radius 3 is 2.45 bits per heavy atom. The molecular weight excluding hydrogens is 394 g/mol. The van der Waals surface area contributed by atoms with Crippen molar-refractivity contribution in [1.82, 2.24) is 4.90 Å². The summed E-state index contributed by atoms with van der Waals surface area (Å²) in [6.45, 7) is 10.4. The number of hydrogen-bond donors (Lipinski definition) is 1. The van der Waals surface area contributed by atoms with Crippen molar-refractivity contribution in [2.24, 2.45) is 0 Å². The minimum Gasteiger partial charge on any atom is -0.507 e. The van der Waals surface area contributed by atoms with Gasteiger partial charge in [-0.1, -0.05) is 34.1 Å². The van der Waals surface area contributed by atoms with Crippen molar-refractivity contribution in [2.75, 3.05) is 13.7 Å². The van der Waals surface area contributed by atoms with E-state index < -0.39 is 17.7 Å². The number of aliphatic hydroxyl groups excluding tert-OH is 1. The Balaban J connectivity index is 2.19. The quantitative estimate of drug-likeness (QED) is 0.395. The maximum absolute atomic E-state index is 13.0. The lowest BCUT2D eigenvalue weighted by molar-refractivity contribution is -0.140. The second-order valence-electron chi connectivity index (χ2n) is 8.96. The molecule has 0 bridgehead atoms. The van der Waals surface area contributed by atoms with Gasteiger partial charge >= 0.3 is 0 Å². The van der Waals surface area contributed by atoms with Crippen LogP contribution in [0.2, 0.25) is 0 Å². The van der Waals surface area contributed by atoms with Crippen LogP contribution in [0.1, 0.15) is 69.2 Å². The van der Waals surface area contributed by atoms with Crippen LogP contribution < -0.4 is 4.74 Å². The first-order valence-corrected chi connectivity index (χ1v) is 10.6. The maximum atomic E-state index is 13.0. The van der Waals surface area contributed by atoms with Crippen LogP contribution in [0.25, 0.3) is 5.76 Å². The van der Waals surface area contributed by atoms with Crippen molar-refractivity contribution < 1.29 is 23.8 Å². The number of aliphatic hydroxyl groups is 1. The monoisotopic (exact) mass is 425 g/mol. The molecule has 0 aliphatic carbocycles. The van der Waals surface area contributed by atoms with Gasteiger partial charge < -0.3 is 19.2 Å². The number of ketones is 1. The molecule has 31 heavy (non-hydrogen) atoms. The highest BCUT2D eigenvalue weighted by Crippen LogP contribution is 2.41. The van der Waals surface area contributed by atoms with Crippen LogP contribution in [0.5, 0.6) is 5.75 Å². The van der Waals surface area contributed by atoms with Gasteiger partial charge in [-0.2, -0.15) is 0 Å². The molecular formula is C25H31NO5. The lowest BCUT2D eigenvalue weighted by atomic mass is 9.84. The fourth-order valence-corrected chi connectivity index (χ4v) is 3.93. The van der Waals surface area contributed by atoms with E-state index >= 15 is 0 Å². The van der Waals surface area contributed by atoms with Gasteiger partial charge in [0.05, 0.1) is 12.7 Å². The Morgan fingerprint density at radius 1 is 1.19 bits per heavy atom. The molecule has 0 saturated carbocycles. The highest BCUT2D eigenvalue weighted by atomic mass is 16.5. The van der Waals surface area contributed by atoms with Crippen molar-refractivity contribution in [3.05, 3.63) is 58.6 Å². The highest BCUT2D eigenvalue weighted by Gasteiger charge is 2.47. The first-order chi connectivity index (χ1) is 14.6. The third-order valence-corrected chi connectivity index (χ3v) is 5.60. The number of methoxy groups -OCH3 is 1. The summed E-state index contributed by atoms with van der Waals surface area (Å²) in [5.74, 6) is 0.337. The third-order valence-electron chi connectivity index (χ3n) is 5.60. The molecule has 2 aromatic rings. The molecule has 6 heteroatoms. The summed E-state index contributed by atoms with van der Waals surface area (Å²) in [5.41, 5.74) is 1.17.